The van der Waals surface area contributed by atoms with E-state index in [-0.39, 0.29) is 23.7 Å². The molecule has 0 aliphatic carbocycles. The second kappa shape index (κ2) is 6.21. The number of benzene rings is 1. The van der Waals surface area contributed by atoms with Crippen LogP contribution >= 0.6 is 0 Å². The number of carbonyl (C=O) groups is 1. The normalized spacial score (nSPS) is 9.22. The predicted octanol–water partition coefficient (Wildman–Crippen LogP) is 1.66. The van der Waals surface area contributed by atoms with Crippen molar-refractivity contribution in [2.45, 2.75) is 0 Å². The van der Waals surface area contributed by atoms with Crippen molar-refractivity contribution < 1.29 is 19.4 Å². The topological polar surface area (TPSA) is 117 Å². The minimum atomic E-state index is -0.529. The number of hydrogen-bond donors (Lipinski definition) is 2. The average Bonchev–Trinajstić information content (AvgIpc) is 2.35. The largest absolute Gasteiger partial charge is 0.504 e. The first-order chi connectivity index (χ1) is 8.62. The van der Waals surface area contributed by atoms with Gasteiger partial charge in [-0.1, -0.05) is 5.11 Å². The molecule has 18 heavy (non-hydrogen) atoms. The number of hydrogen-bond acceptors (Lipinski definition) is 5. The summed E-state index contributed by atoms with van der Waals surface area (Å²) in [6.07, 6.45) is 0. The van der Waals surface area contributed by atoms with Gasteiger partial charge >= 0.3 is 0 Å². The zero-order valence-electron chi connectivity index (χ0n) is 9.88. The molecule has 96 valence electrons. The smallest absolute Gasteiger partial charge is 0.230 e. The second-order valence-corrected chi connectivity index (χ2v) is 3.16. The van der Waals surface area contributed by atoms with Crippen molar-refractivity contribution in [3.63, 3.8) is 0 Å². The van der Waals surface area contributed by atoms with E-state index in [4.69, 9.17) is 15.0 Å². The van der Waals surface area contributed by atoms with Crippen LogP contribution in [0.1, 0.15) is 0 Å². The van der Waals surface area contributed by atoms with Gasteiger partial charge in [-0.15, -0.1) is 0 Å². The molecule has 0 aliphatic heterocycles. The van der Waals surface area contributed by atoms with Crippen molar-refractivity contribution >= 4 is 11.6 Å². The van der Waals surface area contributed by atoms with Crippen LogP contribution in [-0.4, -0.2) is 31.8 Å². The molecule has 1 rings (SSSR count). The highest BCUT2D eigenvalue weighted by Crippen LogP contribution is 2.38. The summed E-state index contributed by atoms with van der Waals surface area (Å²) in [5, 5.41) is 15.2. The van der Waals surface area contributed by atoms with Crippen LogP contribution in [0.4, 0.5) is 5.69 Å². The summed E-state index contributed by atoms with van der Waals surface area (Å²) in [4.78, 5) is 13.9. The number of phenols is 1. The summed E-state index contributed by atoms with van der Waals surface area (Å²) in [5.41, 5.74) is 8.33. The van der Waals surface area contributed by atoms with Gasteiger partial charge in [0.15, 0.2) is 11.5 Å². The molecular formula is C10H12N4O4. The third-order valence-electron chi connectivity index (χ3n) is 2.03. The monoisotopic (exact) mass is 252 g/mol. The maximum atomic E-state index is 11.4. The molecule has 0 aliphatic rings. The van der Waals surface area contributed by atoms with Crippen LogP contribution < -0.4 is 14.8 Å². The molecule has 0 unspecified atom stereocenters. The van der Waals surface area contributed by atoms with Gasteiger partial charge in [0.1, 0.15) is 12.3 Å². The zero-order valence-corrected chi connectivity index (χ0v) is 9.88. The average molecular weight is 252 g/mol. The summed E-state index contributed by atoms with van der Waals surface area (Å²) in [5.74, 6) is -0.243. The van der Waals surface area contributed by atoms with Crippen molar-refractivity contribution in [1.82, 2.24) is 0 Å². The van der Waals surface area contributed by atoms with Gasteiger partial charge in [-0.2, -0.15) is 0 Å². The Morgan fingerprint density at radius 1 is 1.50 bits per heavy atom. The van der Waals surface area contributed by atoms with E-state index in [1.807, 2.05) is 0 Å². The maximum Gasteiger partial charge on any atom is 0.230 e. The standard InChI is InChI=1S/C10H12N4O4/c1-17-6-3-7(10(18-2)8(15)4-6)13-9(16)5-12-14-11/h3-4,15H,5H2,1-2H3,(H,13,16). The van der Waals surface area contributed by atoms with Gasteiger partial charge in [-0.3, -0.25) is 4.79 Å². The summed E-state index contributed by atoms with van der Waals surface area (Å²) >= 11 is 0. The van der Waals surface area contributed by atoms with Gasteiger partial charge in [0.2, 0.25) is 5.91 Å². The highest BCUT2D eigenvalue weighted by molar-refractivity contribution is 5.94. The van der Waals surface area contributed by atoms with E-state index in [0.717, 1.165) is 0 Å². The van der Waals surface area contributed by atoms with E-state index in [1.165, 1.54) is 26.4 Å². The van der Waals surface area contributed by atoms with Gasteiger partial charge in [0.25, 0.3) is 0 Å². The van der Waals surface area contributed by atoms with E-state index in [9.17, 15) is 9.90 Å². The molecule has 1 aromatic carbocycles. The summed E-state index contributed by atoms with van der Waals surface area (Å²) < 4.78 is 9.91. The van der Waals surface area contributed by atoms with Crippen molar-refractivity contribution in [2.75, 3.05) is 26.1 Å². The van der Waals surface area contributed by atoms with Crippen molar-refractivity contribution in [3.8, 4) is 17.2 Å². The van der Waals surface area contributed by atoms with Crippen LogP contribution in [0.2, 0.25) is 0 Å². The Kier molecular flexibility index (Phi) is 4.65. The lowest BCUT2D eigenvalue weighted by molar-refractivity contribution is -0.114. The number of phenolic OH excluding ortho intramolecular Hbond substituents is 1. The lowest BCUT2D eigenvalue weighted by atomic mass is 10.2. The van der Waals surface area contributed by atoms with Gasteiger partial charge in [0, 0.05) is 17.0 Å². The number of nitrogens with zero attached hydrogens (tertiary/aromatic N) is 3. The number of carbonyl (C=O) groups excluding carboxylic acids is 1. The second-order valence-electron chi connectivity index (χ2n) is 3.16. The minimum Gasteiger partial charge on any atom is -0.504 e. The molecule has 0 atom stereocenters. The van der Waals surface area contributed by atoms with Crippen molar-refractivity contribution in [3.05, 3.63) is 22.6 Å². The molecule has 8 heteroatoms. The van der Waals surface area contributed by atoms with Crippen LogP contribution in [0.3, 0.4) is 0 Å². The van der Waals surface area contributed by atoms with Crippen LogP contribution in [-0.2, 0) is 4.79 Å². The van der Waals surface area contributed by atoms with Crippen LogP contribution in [0.5, 0.6) is 17.2 Å². The fourth-order valence-corrected chi connectivity index (χ4v) is 1.30. The molecule has 0 saturated heterocycles. The Labute approximate surface area is 103 Å². The molecule has 0 spiro atoms. The lowest BCUT2D eigenvalue weighted by Gasteiger charge is -2.12. The molecular weight excluding hydrogens is 240 g/mol. The maximum absolute atomic E-state index is 11.4. The third kappa shape index (κ3) is 3.19. The Balaban J connectivity index is 3.01. The van der Waals surface area contributed by atoms with E-state index in [0.29, 0.717) is 5.75 Å². The molecule has 0 saturated carbocycles. The summed E-state index contributed by atoms with van der Waals surface area (Å²) in [6.45, 7) is -0.350. The van der Waals surface area contributed by atoms with E-state index in [1.54, 1.807) is 0 Å². The number of rotatable bonds is 5. The number of aromatic hydroxyl groups is 1. The Morgan fingerprint density at radius 3 is 2.78 bits per heavy atom. The number of ether oxygens (including phenoxy) is 2. The fraction of sp³-hybridized carbons (Fsp3) is 0.300. The Morgan fingerprint density at radius 2 is 2.22 bits per heavy atom. The van der Waals surface area contributed by atoms with E-state index >= 15 is 0 Å². The highest BCUT2D eigenvalue weighted by Gasteiger charge is 2.13. The first-order valence-electron chi connectivity index (χ1n) is 4.88. The highest BCUT2D eigenvalue weighted by atomic mass is 16.5. The first-order valence-corrected chi connectivity index (χ1v) is 4.88. The minimum absolute atomic E-state index is 0.102. The first kappa shape index (κ1) is 13.5. The fourth-order valence-electron chi connectivity index (χ4n) is 1.30. The van der Waals surface area contributed by atoms with Crippen molar-refractivity contribution in [2.24, 2.45) is 5.11 Å². The Hall–Kier alpha value is -2.60. The number of methoxy groups -OCH3 is 2. The van der Waals surface area contributed by atoms with Gasteiger partial charge in [0.05, 0.1) is 19.9 Å². The van der Waals surface area contributed by atoms with E-state index < -0.39 is 5.91 Å². The molecule has 1 aromatic rings. The van der Waals surface area contributed by atoms with E-state index in [2.05, 4.69) is 15.3 Å². The molecule has 0 bridgehead atoms. The third-order valence-corrected chi connectivity index (χ3v) is 2.03. The predicted molar refractivity (Wildman–Crippen MR) is 63.9 cm³/mol. The van der Waals surface area contributed by atoms with Gasteiger partial charge in [-0.25, -0.2) is 0 Å². The van der Waals surface area contributed by atoms with Crippen LogP contribution in [0, 0.1) is 0 Å². The Bertz CT molecular complexity index is 497. The molecule has 0 radical (unpaired) electrons. The van der Waals surface area contributed by atoms with Crippen LogP contribution in [0.15, 0.2) is 17.2 Å². The number of azide groups is 1. The molecule has 1 amide bonds. The van der Waals surface area contributed by atoms with Gasteiger partial charge in [-0.05, 0) is 5.53 Å². The molecule has 2 N–H and O–H groups in total. The SMILES string of the molecule is COc1cc(O)c(OC)c(NC(=O)CN=[N+]=[N-])c1. The van der Waals surface area contributed by atoms with Gasteiger partial charge < -0.3 is 19.9 Å². The summed E-state index contributed by atoms with van der Waals surface area (Å²) in [6, 6.07) is 2.83. The zero-order chi connectivity index (χ0) is 13.5. The molecule has 0 fully saturated rings. The summed E-state index contributed by atoms with van der Waals surface area (Å²) in [7, 11) is 2.78. The van der Waals surface area contributed by atoms with Crippen LogP contribution in [0.25, 0.3) is 10.4 Å². The number of anilines is 1. The molecule has 8 nitrogen and oxygen atoms in total. The molecule has 0 heterocycles. The molecule has 0 aromatic heterocycles. The number of nitrogens with one attached hydrogen (secondary N) is 1. The van der Waals surface area contributed by atoms with Crippen molar-refractivity contribution in [1.29, 1.82) is 0 Å². The quantitative estimate of drug-likeness (QED) is 0.470. The number of amides is 1. The lowest BCUT2D eigenvalue weighted by Crippen LogP contribution is -2.15.